The van der Waals surface area contributed by atoms with E-state index in [0.29, 0.717) is 19.7 Å². The SMILES string of the molecule is C=CCOC(C)CNCc1ccc(C(F)F)cc1. The Bertz CT molecular complexity index is 351. The average Bonchev–Trinajstić information content (AvgIpc) is 2.37. The molecule has 1 atom stereocenters. The van der Waals surface area contributed by atoms with Crippen LogP contribution in [0.4, 0.5) is 8.78 Å². The van der Waals surface area contributed by atoms with Crippen molar-refractivity contribution in [3.05, 3.63) is 48.0 Å². The van der Waals surface area contributed by atoms with E-state index in [1.165, 1.54) is 12.1 Å². The Hall–Kier alpha value is -1.26. The highest BCUT2D eigenvalue weighted by Gasteiger charge is 2.06. The normalized spacial score (nSPS) is 12.7. The van der Waals surface area contributed by atoms with Gasteiger partial charge in [0, 0.05) is 18.7 Å². The van der Waals surface area contributed by atoms with Gasteiger partial charge in [0.2, 0.25) is 0 Å². The molecule has 0 saturated heterocycles. The second kappa shape index (κ2) is 7.95. The summed E-state index contributed by atoms with van der Waals surface area (Å²) in [6.45, 7) is 7.44. The number of nitrogens with one attached hydrogen (secondary N) is 1. The molecule has 0 amide bonds. The first kappa shape index (κ1) is 14.8. The zero-order valence-electron chi connectivity index (χ0n) is 10.5. The van der Waals surface area contributed by atoms with E-state index in [4.69, 9.17) is 4.74 Å². The zero-order valence-corrected chi connectivity index (χ0v) is 10.5. The quantitative estimate of drug-likeness (QED) is 0.720. The average molecular weight is 255 g/mol. The minimum absolute atomic E-state index is 0.0569. The van der Waals surface area contributed by atoms with Crippen molar-refractivity contribution < 1.29 is 13.5 Å². The van der Waals surface area contributed by atoms with Gasteiger partial charge < -0.3 is 10.1 Å². The predicted octanol–water partition coefficient (Wildman–Crippen LogP) is 3.30. The molecular weight excluding hydrogens is 236 g/mol. The van der Waals surface area contributed by atoms with Crippen molar-refractivity contribution >= 4 is 0 Å². The third-order valence-corrected chi connectivity index (χ3v) is 2.49. The lowest BCUT2D eigenvalue weighted by Crippen LogP contribution is -2.26. The molecule has 0 spiro atoms. The van der Waals surface area contributed by atoms with Gasteiger partial charge in [0.05, 0.1) is 12.7 Å². The maximum absolute atomic E-state index is 12.3. The number of hydrogen-bond donors (Lipinski definition) is 1. The van der Waals surface area contributed by atoms with Crippen molar-refractivity contribution in [2.45, 2.75) is 26.0 Å². The third-order valence-electron chi connectivity index (χ3n) is 2.49. The molecule has 0 fully saturated rings. The van der Waals surface area contributed by atoms with Crippen LogP contribution in [0.2, 0.25) is 0 Å². The van der Waals surface area contributed by atoms with Crippen molar-refractivity contribution in [3.63, 3.8) is 0 Å². The molecule has 0 aromatic heterocycles. The van der Waals surface area contributed by atoms with Gasteiger partial charge in [-0.05, 0) is 12.5 Å². The molecule has 1 rings (SSSR count). The monoisotopic (exact) mass is 255 g/mol. The highest BCUT2D eigenvalue weighted by Crippen LogP contribution is 2.18. The van der Waals surface area contributed by atoms with Gasteiger partial charge >= 0.3 is 0 Å². The predicted molar refractivity (Wildman–Crippen MR) is 68.7 cm³/mol. The molecule has 0 aliphatic rings. The van der Waals surface area contributed by atoms with Crippen molar-refractivity contribution in [2.75, 3.05) is 13.2 Å². The first-order valence-corrected chi connectivity index (χ1v) is 5.93. The van der Waals surface area contributed by atoms with Crippen LogP contribution in [-0.4, -0.2) is 19.3 Å². The minimum Gasteiger partial charge on any atom is -0.373 e. The van der Waals surface area contributed by atoms with E-state index in [-0.39, 0.29) is 11.7 Å². The summed E-state index contributed by atoms with van der Waals surface area (Å²) in [5.41, 5.74) is 1.04. The van der Waals surface area contributed by atoms with Gasteiger partial charge in [-0.25, -0.2) is 8.78 Å². The summed E-state index contributed by atoms with van der Waals surface area (Å²) in [7, 11) is 0. The number of halogens is 2. The molecule has 100 valence electrons. The molecule has 1 N–H and O–H groups in total. The summed E-state index contributed by atoms with van der Waals surface area (Å²) >= 11 is 0. The number of alkyl halides is 2. The van der Waals surface area contributed by atoms with Crippen LogP contribution < -0.4 is 5.32 Å². The number of ether oxygens (including phenoxy) is 1. The van der Waals surface area contributed by atoms with Gasteiger partial charge in [-0.15, -0.1) is 6.58 Å². The molecule has 2 nitrogen and oxygen atoms in total. The highest BCUT2D eigenvalue weighted by molar-refractivity contribution is 5.23. The summed E-state index contributed by atoms with van der Waals surface area (Å²) in [6, 6.07) is 6.34. The molecule has 1 unspecified atom stereocenters. The summed E-state index contributed by atoms with van der Waals surface area (Å²) in [4.78, 5) is 0. The minimum atomic E-state index is -2.40. The molecule has 1 aromatic carbocycles. The van der Waals surface area contributed by atoms with Crippen LogP contribution >= 0.6 is 0 Å². The van der Waals surface area contributed by atoms with Crippen LogP contribution in [0.3, 0.4) is 0 Å². The smallest absolute Gasteiger partial charge is 0.263 e. The van der Waals surface area contributed by atoms with Crippen LogP contribution in [-0.2, 0) is 11.3 Å². The van der Waals surface area contributed by atoms with E-state index < -0.39 is 6.43 Å². The van der Waals surface area contributed by atoms with Crippen molar-refractivity contribution in [2.24, 2.45) is 0 Å². The molecule has 0 heterocycles. The summed E-state index contributed by atoms with van der Waals surface area (Å²) in [5, 5.41) is 3.21. The molecule has 0 aliphatic carbocycles. The number of hydrogen-bond acceptors (Lipinski definition) is 2. The topological polar surface area (TPSA) is 21.3 Å². The lowest BCUT2D eigenvalue weighted by molar-refractivity contribution is 0.0877. The maximum atomic E-state index is 12.3. The van der Waals surface area contributed by atoms with E-state index in [9.17, 15) is 8.78 Å². The Labute approximate surface area is 107 Å². The Morgan fingerprint density at radius 2 is 2.00 bits per heavy atom. The molecule has 1 aromatic rings. The molecule has 0 saturated carbocycles. The van der Waals surface area contributed by atoms with E-state index in [2.05, 4.69) is 11.9 Å². The lowest BCUT2D eigenvalue weighted by atomic mass is 10.1. The van der Waals surface area contributed by atoms with E-state index in [1.807, 2.05) is 6.92 Å². The van der Waals surface area contributed by atoms with Crippen LogP contribution in [0.15, 0.2) is 36.9 Å². The number of benzene rings is 1. The van der Waals surface area contributed by atoms with Gasteiger partial charge in [0.15, 0.2) is 0 Å². The van der Waals surface area contributed by atoms with Gasteiger partial charge in [0.25, 0.3) is 6.43 Å². The highest BCUT2D eigenvalue weighted by atomic mass is 19.3. The summed E-state index contributed by atoms with van der Waals surface area (Å²) in [6.07, 6.45) is -0.595. The maximum Gasteiger partial charge on any atom is 0.263 e. The zero-order chi connectivity index (χ0) is 13.4. The summed E-state index contributed by atoms with van der Waals surface area (Å²) < 4.78 is 30.1. The van der Waals surface area contributed by atoms with Crippen LogP contribution in [0.5, 0.6) is 0 Å². The van der Waals surface area contributed by atoms with E-state index >= 15 is 0 Å². The molecule has 18 heavy (non-hydrogen) atoms. The fourth-order valence-corrected chi connectivity index (χ4v) is 1.49. The molecule has 4 heteroatoms. The molecule has 0 aliphatic heterocycles. The van der Waals surface area contributed by atoms with Crippen LogP contribution in [0.25, 0.3) is 0 Å². The largest absolute Gasteiger partial charge is 0.373 e. The number of rotatable bonds is 8. The van der Waals surface area contributed by atoms with Crippen molar-refractivity contribution in [1.82, 2.24) is 5.32 Å². The fraction of sp³-hybridized carbons (Fsp3) is 0.429. The van der Waals surface area contributed by atoms with Crippen LogP contribution in [0.1, 0.15) is 24.5 Å². The van der Waals surface area contributed by atoms with Crippen molar-refractivity contribution in [1.29, 1.82) is 0 Å². The lowest BCUT2D eigenvalue weighted by Gasteiger charge is -2.12. The van der Waals surface area contributed by atoms with E-state index in [1.54, 1.807) is 18.2 Å². The first-order valence-electron chi connectivity index (χ1n) is 5.93. The molecule has 0 bridgehead atoms. The van der Waals surface area contributed by atoms with E-state index in [0.717, 1.165) is 5.56 Å². The van der Waals surface area contributed by atoms with Gasteiger partial charge in [-0.2, -0.15) is 0 Å². The standard InChI is InChI=1S/C14H19F2NO/c1-3-8-18-11(2)9-17-10-12-4-6-13(7-5-12)14(15)16/h3-7,11,14,17H,1,8-10H2,2H3. The second-order valence-electron chi connectivity index (χ2n) is 4.11. The van der Waals surface area contributed by atoms with Gasteiger partial charge in [0.1, 0.15) is 0 Å². The second-order valence-corrected chi connectivity index (χ2v) is 4.11. The fourth-order valence-electron chi connectivity index (χ4n) is 1.49. The Morgan fingerprint density at radius 3 is 2.56 bits per heavy atom. The Balaban J connectivity index is 2.28. The summed E-state index contributed by atoms with van der Waals surface area (Å²) in [5.74, 6) is 0. The van der Waals surface area contributed by atoms with Gasteiger partial charge in [-0.3, -0.25) is 0 Å². The Kier molecular flexibility index (Phi) is 6.54. The van der Waals surface area contributed by atoms with Gasteiger partial charge in [-0.1, -0.05) is 30.3 Å². The first-order chi connectivity index (χ1) is 8.63. The van der Waals surface area contributed by atoms with Crippen molar-refractivity contribution in [3.8, 4) is 0 Å². The molecule has 0 radical (unpaired) electrons. The Morgan fingerprint density at radius 1 is 1.33 bits per heavy atom. The third kappa shape index (κ3) is 5.38. The van der Waals surface area contributed by atoms with Crippen LogP contribution in [0, 0.1) is 0 Å². The molecular formula is C14H19F2NO.